The number of carbonyl (C=O) groups excluding carboxylic acids is 1. The smallest absolute Gasteiger partial charge is 0.336 e. The van der Waals surface area contributed by atoms with Crippen molar-refractivity contribution in [2.45, 2.75) is 24.9 Å². The molecule has 0 spiro atoms. The molecule has 0 aromatic carbocycles. The van der Waals surface area contributed by atoms with E-state index in [4.69, 9.17) is 32.6 Å². The average Bonchev–Trinajstić information content (AvgIpc) is 3.02. The van der Waals surface area contributed by atoms with Gasteiger partial charge >= 0.3 is 6.03 Å². The second-order valence-electron chi connectivity index (χ2n) is 4.91. The maximum absolute atomic E-state index is 10.5. The van der Waals surface area contributed by atoms with E-state index in [0.717, 1.165) is 0 Å². The van der Waals surface area contributed by atoms with Gasteiger partial charge in [-0.1, -0.05) is 0 Å². The number of rotatable bonds is 4. The molecule has 0 unspecified atom stereocenters. The topological polar surface area (TPSA) is 163 Å². The van der Waals surface area contributed by atoms with Gasteiger partial charge in [0.2, 0.25) is 5.28 Å². The molecule has 1 aliphatic rings. The van der Waals surface area contributed by atoms with Crippen molar-refractivity contribution in [1.29, 1.82) is 0 Å². The van der Waals surface area contributed by atoms with Crippen LogP contribution in [0.1, 0.15) is 12.6 Å². The van der Waals surface area contributed by atoms with Crippen LogP contribution in [0, 0.1) is 0 Å². The molecule has 6 N–H and O–H groups in total. The molecule has 11 nitrogen and oxygen atoms in total. The Balaban J connectivity index is 1.77. The number of nitrogens with one attached hydrogen (secondary N) is 1. The lowest BCUT2D eigenvalue weighted by Crippen LogP contribution is -2.35. The SMILES string of the molecule is NC(=O)NOC[C@H]1O[C@@H](n2cnc3c(N)nc(Cl)nc32)C[C@@H]1O. The van der Waals surface area contributed by atoms with E-state index < -0.39 is 24.5 Å². The quantitative estimate of drug-likeness (QED) is 0.418. The highest BCUT2D eigenvalue weighted by molar-refractivity contribution is 6.28. The standard InChI is InChI=1S/C11H14ClN7O4/c12-10-16-8(13)7-9(17-10)19(3-15-7)6-1-4(20)5(23-6)2-22-18-11(14)21/h3-6,20H,1-2H2,(H2,13,16,17)(H3,14,18,21)/t4-,5+,6+/m0/s1. The minimum Gasteiger partial charge on any atom is -0.390 e. The summed E-state index contributed by atoms with van der Waals surface area (Å²) in [6.07, 6.45) is -0.241. The molecular weight excluding hydrogens is 330 g/mol. The molecule has 0 saturated carbocycles. The third-order valence-electron chi connectivity index (χ3n) is 3.36. The van der Waals surface area contributed by atoms with Crippen LogP contribution in [0.2, 0.25) is 5.28 Å². The first kappa shape index (κ1) is 15.7. The number of aliphatic hydroxyl groups is 1. The number of primary amides is 1. The van der Waals surface area contributed by atoms with E-state index in [9.17, 15) is 9.90 Å². The normalized spacial score (nSPS) is 24.2. The number of amides is 2. The van der Waals surface area contributed by atoms with Crippen molar-refractivity contribution in [3.8, 4) is 0 Å². The first-order chi connectivity index (χ1) is 11.0. The van der Waals surface area contributed by atoms with Crippen LogP contribution in [0.25, 0.3) is 11.2 Å². The van der Waals surface area contributed by atoms with Crippen LogP contribution in [-0.2, 0) is 9.57 Å². The van der Waals surface area contributed by atoms with Crippen LogP contribution in [0.4, 0.5) is 10.6 Å². The summed E-state index contributed by atoms with van der Waals surface area (Å²) in [7, 11) is 0. The highest BCUT2D eigenvalue weighted by atomic mass is 35.5. The van der Waals surface area contributed by atoms with Gasteiger partial charge < -0.3 is 21.3 Å². The third kappa shape index (κ3) is 3.12. The summed E-state index contributed by atoms with van der Waals surface area (Å²) >= 11 is 5.81. The van der Waals surface area contributed by atoms with Gasteiger partial charge in [0.15, 0.2) is 11.5 Å². The number of hydrogen-bond donors (Lipinski definition) is 4. The number of nitrogen functional groups attached to an aromatic ring is 1. The lowest BCUT2D eigenvalue weighted by atomic mass is 10.2. The van der Waals surface area contributed by atoms with Crippen molar-refractivity contribution >= 4 is 34.6 Å². The number of hydrogen-bond acceptors (Lipinski definition) is 8. The van der Waals surface area contributed by atoms with Crippen LogP contribution in [-0.4, -0.2) is 49.5 Å². The zero-order chi connectivity index (χ0) is 16.6. The molecule has 3 heterocycles. The van der Waals surface area contributed by atoms with Crippen molar-refractivity contribution < 1.29 is 19.5 Å². The molecule has 1 saturated heterocycles. The number of aliphatic hydroxyl groups excluding tert-OH is 1. The Morgan fingerprint density at radius 1 is 1.61 bits per heavy atom. The van der Waals surface area contributed by atoms with Crippen LogP contribution < -0.4 is 16.9 Å². The van der Waals surface area contributed by atoms with Gasteiger partial charge in [-0.05, 0) is 11.6 Å². The minimum atomic E-state index is -0.837. The molecule has 0 radical (unpaired) electrons. The number of nitrogens with zero attached hydrogens (tertiary/aromatic N) is 4. The molecule has 0 bridgehead atoms. The van der Waals surface area contributed by atoms with Gasteiger partial charge in [0.05, 0.1) is 12.4 Å². The summed E-state index contributed by atoms with van der Waals surface area (Å²) in [4.78, 5) is 27.4. The Kier molecular flexibility index (Phi) is 4.17. The van der Waals surface area contributed by atoms with Gasteiger partial charge in [0.25, 0.3) is 0 Å². The molecule has 2 amide bonds. The molecule has 124 valence electrons. The van der Waals surface area contributed by atoms with Gasteiger partial charge in [-0.15, -0.1) is 0 Å². The Bertz CT molecular complexity index is 738. The van der Waals surface area contributed by atoms with Gasteiger partial charge in [0.1, 0.15) is 24.5 Å². The Morgan fingerprint density at radius 3 is 3.13 bits per heavy atom. The molecule has 2 aromatic heterocycles. The number of nitrogens with two attached hydrogens (primary N) is 2. The van der Waals surface area contributed by atoms with E-state index in [-0.39, 0.29) is 24.1 Å². The Hall–Kier alpha value is -2.21. The van der Waals surface area contributed by atoms with E-state index in [1.807, 2.05) is 5.48 Å². The fourth-order valence-corrected chi connectivity index (χ4v) is 2.52. The van der Waals surface area contributed by atoms with Crippen molar-refractivity contribution in [3.05, 3.63) is 11.6 Å². The molecule has 3 atom stereocenters. The monoisotopic (exact) mass is 343 g/mol. The molecule has 12 heteroatoms. The zero-order valence-corrected chi connectivity index (χ0v) is 12.5. The molecule has 0 aliphatic carbocycles. The van der Waals surface area contributed by atoms with Gasteiger partial charge in [-0.3, -0.25) is 9.40 Å². The number of aromatic nitrogens is 4. The maximum atomic E-state index is 10.5. The Labute approximate surface area is 134 Å². The molecule has 1 aliphatic heterocycles. The maximum Gasteiger partial charge on any atom is 0.336 e. The molecule has 1 fully saturated rings. The molecule has 3 rings (SSSR count). The summed E-state index contributed by atoms with van der Waals surface area (Å²) < 4.78 is 7.30. The largest absolute Gasteiger partial charge is 0.390 e. The zero-order valence-electron chi connectivity index (χ0n) is 11.7. The van der Waals surface area contributed by atoms with Crippen molar-refractivity contribution in [2.24, 2.45) is 5.73 Å². The second-order valence-corrected chi connectivity index (χ2v) is 5.25. The fourth-order valence-electron chi connectivity index (χ4n) is 2.35. The summed E-state index contributed by atoms with van der Waals surface area (Å²) in [6, 6.07) is -0.837. The van der Waals surface area contributed by atoms with Crippen LogP contribution in [0.5, 0.6) is 0 Å². The number of imidazole rings is 1. The minimum absolute atomic E-state index is 0.0131. The van der Waals surface area contributed by atoms with Crippen LogP contribution in [0.15, 0.2) is 6.33 Å². The summed E-state index contributed by atoms with van der Waals surface area (Å²) in [5, 5.41) is 10.0. The van der Waals surface area contributed by atoms with Gasteiger partial charge in [-0.2, -0.15) is 9.97 Å². The highest BCUT2D eigenvalue weighted by Gasteiger charge is 2.36. The second kappa shape index (κ2) is 6.12. The Morgan fingerprint density at radius 2 is 2.39 bits per heavy atom. The number of ether oxygens (including phenoxy) is 1. The molecular formula is C11H14ClN7O4. The predicted octanol–water partition coefficient (Wildman–Crippen LogP) is -0.690. The molecule has 2 aromatic rings. The van der Waals surface area contributed by atoms with Crippen molar-refractivity contribution in [3.63, 3.8) is 0 Å². The molecule has 23 heavy (non-hydrogen) atoms. The third-order valence-corrected chi connectivity index (χ3v) is 3.52. The summed E-state index contributed by atoms with van der Waals surface area (Å²) in [5.74, 6) is 0.155. The van der Waals surface area contributed by atoms with E-state index in [1.165, 1.54) is 6.33 Å². The van der Waals surface area contributed by atoms with E-state index in [1.54, 1.807) is 4.57 Å². The van der Waals surface area contributed by atoms with Crippen molar-refractivity contribution in [1.82, 2.24) is 25.0 Å². The van der Waals surface area contributed by atoms with E-state index >= 15 is 0 Å². The van der Waals surface area contributed by atoms with Crippen LogP contribution in [0.3, 0.4) is 0 Å². The van der Waals surface area contributed by atoms with Crippen LogP contribution >= 0.6 is 11.6 Å². The number of urea groups is 1. The number of fused-ring (bicyclic) bond motifs is 1. The lowest BCUT2D eigenvalue weighted by molar-refractivity contribution is -0.0758. The number of carbonyl (C=O) groups is 1. The fraction of sp³-hybridized carbons (Fsp3) is 0.455. The number of hydroxylamine groups is 1. The first-order valence-corrected chi connectivity index (χ1v) is 7.00. The first-order valence-electron chi connectivity index (χ1n) is 6.62. The van der Waals surface area contributed by atoms with Gasteiger partial charge in [-0.25, -0.2) is 15.3 Å². The predicted molar refractivity (Wildman–Crippen MR) is 78.0 cm³/mol. The summed E-state index contributed by atoms with van der Waals surface area (Å²) in [6.45, 7) is -0.0644. The lowest BCUT2D eigenvalue weighted by Gasteiger charge is -2.15. The summed E-state index contributed by atoms with van der Waals surface area (Å²) in [5.41, 5.74) is 13.4. The number of anilines is 1. The highest BCUT2D eigenvalue weighted by Crippen LogP contribution is 2.31. The number of halogens is 1. The van der Waals surface area contributed by atoms with Crippen molar-refractivity contribution in [2.75, 3.05) is 12.3 Å². The van der Waals surface area contributed by atoms with E-state index in [0.29, 0.717) is 11.2 Å². The van der Waals surface area contributed by atoms with Gasteiger partial charge in [0, 0.05) is 6.42 Å². The van der Waals surface area contributed by atoms with E-state index in [2.05, 4.69) is 15.0 Å². The average molecular weight is 344 g/mol.